The lowest BCUT2D eigenvalue weighted by atomic mass is 10.0. The topological polar surface area (TPSA) is 85.5 Å². The Bertz CT molecular complexity index is 949. The third kappa shape index (κ3) is 4.49. The molecule has 0 bridgehead atoms. The molecule has 0 fully saturated rings. The maximum Gasteiger partial charge on any atom is 0.303 e. The number of carboxylic acids is 1. The number of benzene rings is 1. The number of nitrogens with zero attached hydrogens (tertiary/aromatic N) is 2. The van der Waals surface area contributed by atoms with Gasteiger partial charge in [0.2, 0.25) is 0 Å². The van der Waals surface area contributed by atoms with Crippen LogP contribution in [-0.4, -0.2) is 21.2 Å². The Morgan fingerprint density at radius 2 is 2.07 bits per heavy atom. The summed E-state index contributed by atoms with van der Waals surface area (Å²) in [5.41, 5.74) is 3.68. The fourth-order valence-electron chi connectivity index (χ4n) is 2.83. The molecule has 1 N–H and O–H groups in total. The summed E-state index contributed by atoms with van der Waals surface area (Å²) in [6.45, 7) is 3.89. The first-order valence-electron chi connectivity index (χ1n) is 8.45. The fourth-order valence-corrected chi connectivity index (χ4v) is 2.83. The van der Waals surface area contributed by atoms with E-state index in [1.165, 1.54) is 6.07 Å². The minimum atomic E-state index is -0.959. The first-order valence-corrected chi connectivity index (χ1v) is 8.45. The van der Waals surface area contributed by atoms with E-state index in [1.54, 1.807) is 18.3 Å². The minimum absolute atomic E-state index is 0.116. The molecule has 7 heteroatoms. The molecular formula is C20H19FN2O4. The first kappa shape index (κ1) is 18.6. The molecule has 0 aliphatic heterocycles. The van der Waals surface area contributed by atoms with Gasteiger partial charge in [-0.2, -0.15) is 0 Å². The highest BCUT2D eigenvalue weighted by Crippen LogP contribution is 2.27. The van der Waals surface area contributed by atoms with Crippen molar-refractivity contribution in [1.82, 2.24) is 10.1 Å². The molecule has 1 aromatic carbocycles. The van der Waals surface area contributed by atoms with E-state index in [0.717, 1.165) is 22.6 Å². The summed E-state index contributed by atoms with van der Waals surface area (Å²) < 4.78 is 24.9. The van der Waals surface area contributed by atoms with Gasteiger partial charge in [-0.1, -0.05) is 11.2 Å². The van der Waals surface area contributed by atoms with Gasteiger partial charge in [0, 0.05) is 24.2 Å². The summed E-state index contributed by atoms with van der Waals surface area (Å²) in [6.07, 6.45) is 1.70. The Balaban J connectivity index is 1.69. The smallest absolute Gasteiger partial charge is 0.303 e. The van der Waals surface area contributed by atoms with Crippen LogP contribution in [-0.2, 0) is 17.8 Å². The Kier molecular flexibility index (Phi) is 5.49. The molecule has 0 unspecified atom stereocenters. The molecule has 0 saturated carbocycles. The number of aryl methyl sites for hydroxylation is 3. The van der Waals surface area contributed by atoms with E-state index in [-0.39, 0.29) is 19.4 Å². The van der Waals surface area contributed by atoms with Gasteiger partial charge in [0.1, 0.15) is 23.9 Å². The SMILES string of the molecule is Cc1noc(C)c1-c1ccnc(COc2ccc(CCC(=O)O)c(F)c2)c1. The molecule has 0 amide bonds. The van der Waals surface area contributed by atoms with Crippen LogP contribution in [0.4, 0.5) is 4.39 Å². The van der Waals surface area contributed by atoms with Gasteiger partial charge in [-0.05, 0) is 49.6 Å². The lowest BCUT2D eigenvalue weighted by Crippen LogP contribution is -2.01. The molecule has 140 valence electrons. The quantitative estimate of drug-likeness (QED) is 0.674. The number of pyridine rings is 1. The normalized spacial score (nSPS) is 10.8. The van der Waals surface area contributed by atoms with Crippen LogP contribution < -0.4 is 4.74 Å². The zero-order valence-corrected chi connectivity index (χ0v) is 15.0. The van der Waals surface area contributed by atoms with E-state index in [2.05, 4.69) is 10.1 Å². The highest BCUT2D eigenvalue weighted by molar-refractivity contribution is 5.67. The first-order chi connectivity index (χ1) is 12.9. The fraction of sp³-hybridized carbons (Fsp3) is 0.250. The van der Waals surface area contributed by atoms with Crippen LogP contribution >= 0.6 is 0 Å². The number of hydrogen-bond donors (Lipinski definition) is 1. The van der Waals surface area contributed by atoms with E-state index in [1.807, 2.05) is 26.0 Å². The summed E-state index contributed by atoms with van der Waals surface area (Å²) >= 11 is 0. The molecule has 0 aliphatic carbocycles. The van der Waals surface area contributed by atoms with Crippen molar-refractivity contribution in [2.45, 2.75) is 33.3 Å². The van der Waals surface area contributed by atoms with Crippen molar-refractivity contribution in [2.24, 2.45) is 0 Å². The molecule has 0 saturated heterocycles. The number of rotatable bonds is 7. The van der Waals surface area contributed by atoms with Crippen molar-refractivity contribution < 1.29 is 23.6 Å². The van der Waals surface area contributed by atoms with Crippen LogP contribution in [0.15, 0.2) is 41.1 Å². The van der Waals surface area contributed by atoms with E-state index in [9.17, 15) is 9.18 Å². The number of aliphatic carboxylic acids is 1. The molecule has 0 radical (unpaired) electrons. The second-order valence-corrected chi connectivity index (χ2v) is 6.17. The number of hydrogen-bond acceptors (Lipinski definition) is 5. The van der Waals surface area contributed by atoms with Crippen LogP contribution in [0.25, 0.3) is 11.1 Å². The molecule has 2 heterocycles. The molecule has 0 atom stereocenters. The van der Waals surface area contributed by atoms with Crippen LogP contribution in [0.5, 0.6) is 5.75 Å². The van der Waals surface area contributed by atoms with Gasteiger partial charge < -0.3 is 14.4 Å². The summed E-state index contributed by atoms with van der Waals surface area (Å²) in [7, 11) is 0. The van der Waals surface area contributed by atoms with Crippen LogP contribution in [0.3, 0.4) is 0 Å². The van der Waals surface area contributed by atoms with Crippen LogP contribution in [0.1, 0.15) is 29.1 Å². The monoisotopic (exact) mass is 370 g/mol. The van der Waals surface area contributed by atoms with Gasteiger partial charge in [0.05, 0.1) is 11.4 Å². The van der Waals surface area contributed by atoms with Crippen LogP contribution in [0, 0.1) is 19.7 Å². The number of carbonyl (C=O) groups is 1. The van der Waals surface area contributed by atoms with E-state index in [4.69, 9.17) is 14.4 Å². The van der Waals surface area contributed by atoms with Crippen molar-refractivity contribution in [3.05, 3.63) is 65.1 Å². The second kappa shape index (κ2) is 7.99. The van der Waals surface area contributed by atoms with Gasteiger partial charge in [0.15, 0.2) is 0 Å². The largest absolute Gasteiger partial charge is 0.487 e. The molecule has 3 aromatic rings. The number of ether oxygens (including phenoxy) is 1. The van der Waals surface area contributed by atoms with Crippen molar-refractivity contribution in [2.75, 3.05) is 0 Å². The molecule has 6 nitrogen and oxygen atoms in total. The number of halogens is 1. The lowest BCUT2D eigenvalue weighted by Gasteiger charge is -2.09. The average Bonchev–Trinajstić information content (AvgIpc) is 2.97. The lowest BCUT2D eigenvalue weighted by molar-refractivity contribution is -0.136. The zero-order chi connectivity index (χ0) is 19.4. The third-order valence-electron chi connectivity index (χ3n) is 4.16. The minimum Gasteiger partial charge on any atom is -0.487 e. The molecule has 0 spiro atoms. The highest BCUT2D eigenvalue weighted by Gasteiger charge is 2.12. The molecular weight excluding hydrogens is 351 g/mol. The summed E-state index contributed by atoms with van der Waals surface area (Å²) in [6, 6.07) is 8.17. The van der Waals surface area contributed by atoms with Crippen molar-refractivity contribution >= 4 is 5.97 Å². The Labute approximate surface area is 155 Å². The summed E-state index contributed by atoms with van der Waals surface area (Å²) in [5.74, 6) is -0.356. The second-order valence-electron chi connectivity index (χ2n) is 6.17. The number of aromatic nitrogens is 2. The maximum atomic E-state index is 14.1. The summed E-state index contributed by atoms with van der Waals surface area (Å²) in [5, 5.41) is 12.6. The van der Waals surface area contributed by atoms with E-state index >= 15 is 0 Å². The van der Waals surface area contributed by atoms with Crippen LogP contribution in [0.2, 0.25) is 0 Å². The predicted molar refractivity (Wildman–Crippen MR) is 95.9 cm³/mol. The highest BCUT2D eigenvalue weighted by atomic mass is 19.1. The molecule has 0 aliphatic rings. The van der Waals surface area contributed by atoms with Gasteiger partial charge in [0.25, 0.3) is 0 Å². The zero-order valence-electron chi connectivity index (χ0n) is 15.0. The standard InChI is InChI=1S/C20H19FN2O4/c1-12-20(13(2)27-23-12)15-7-8-22-16(9-15)11-26-17-5-3-14(18(21)10-17)4-6-19(24)25/h3,5,7-10H,4,6,11H2,1-2H3,(H,24,25). The van der Waals surface area contributed by atoms with E-state index in [0.29, 0.717) is 17.0 Å². The Morgan fingerprint density at radius 1 is 1.26 bits per heavy atom. The van der Waals surface area contributed by atoms with Gasteiger partial charge >= 0.3 is 5.97 Å². The Hall–Kier alpha value is -3.22. The number of carboxylic acid groups (broad SMARTS) is 1. The van der Waals surface area contributed by atoms with Gasteiger partial charge in [-0.25, -0.2) is 4.39 Å². The predicted octanol–water partition coefficient (Wildman–Crippen LogP) is 4.09. The van der Waals surface area contributed by atoms with Crippen molar-refractivity contribution in [3.63, 3.8) is 0 Å². The molecule has 27 heavy (non-hydrogen) atoms. The average molecular weight is 370 g/mol. The van der Waals surface area contributed by atoms with Gasteiger partial charge in [-0.15, -0.1) is 0 Å². The Morgan fingerprint density at radius 3 is 2.74 bits per heavy atom. The van der Waals surface area contributed by atoms with E-state index < -0.39 is 11.8 Å². The molecule has 2 aromatic heterocycles. The molecule has 3 rings (SSSR count). The summed E-state index contributed by atoms with van der Waals surface area (Å²) in [4.78, 5) is 14.9. The van der Waals surface area contributed by atoms with Gasteiger partial charge in [-0.3, -0.25) is 9.78 Å². The maximum absolute atomic E-state index is 14.1. The third-order valence-corrected chi connectivity index (χ3v) is 4.16. The van der Waals surface area contributed by atoms with Crippen molar-refractivity contribution in [1.29, 1.82) is 0 Å². The van der Waals surface area contributed by atoms with Crippen molar-refractivity contribution in [3.8, 4) is 16.9 Å².